The molecule has 0 aliphatic carbocycles. The van der Waals surface area contributed by atoms with Crippen LogP contribution < -0.4 is 19.9 Å². The van der Waals surface area contributed by atoms with Crippen molar-refractivity contribution < 1.29 is 41.7 Å². The van der Waals surface area contributed by atoms with Crippen LogP contribution in [0.4, 0.5) is 23.2 Å². The fourth-order valence-corrected chi connectivity index (χ4v) is 3.67. The minimum Gasteiger partial charge on any atom is -0.493 e. The van der Waals surface area contributed by atoms with Gasteiger partial charge < -0.3 is 14.6 Å². The summed E-state index contributed by atoms with van der Waals surface area (Å²) < 4.78 is 65.7. The predicted octanol–water partition coefficient (Wildman–Crippen LogP) is 4.98. The molecule has 1 aliphatic rings. The Morgan fingerprint density at radius 1 is 1.05 bits per heavy atom. The van der Waals surface area contributed by atoms with Gasteiger partial charge in [-0.3, -0.25) is 4.79 Å². The highest BCUT2D eigenvalue weighted by Gasteiger charge is 2.51. The quantitative estimate of drug-likeness (QED) is 0.340. The molecule has 1 atom stereocenters. The number of alkyl halides is 3. The molecule has 1 fully saturated rings. The van der Waals surface area contributed by atoms with Crippen LogP contribution in [0.25, 0.3) is 6.08 Å². The normalized spacial score (nSPS) is 16.8. The molecule has 3 aromatic rings. The first-order valence-electron chi connectivity index (χ1n) is 10.8. The van der Waals surface area contributed by atoms with E-state index >= 15 is 0 Å². The molecule has 192 valence electrons. The smallest absolute Gasteiger partial charge is 0.409 e. The Morgan fingerprint density at radius 3 is 2.32 bits per heavy atom. The third-order valence-corrected chi connectivity index (χ3v) is 5.54. The molecule has 1 amide bonds. The number of ether oxygens (including phenoxy) is 2. The number of methoxy groups -OCH3 is 1. The van der Waals surface area contributed by atoms with Crippen LogP contribution in [-0.4, -0.2) is 36.3 Å². The average molecular weight is 516 g/mol. The minimum absolute atomic E-state index is 0.0441. The van der Waals surface area contributed by atoms with Crippen LogP contribution in [-0.2, 0) is 11.4 Å². The number of carboxylic acid groups (broad SMARTS) is 1. The third kappa shape index (κ3) is 5.72. The lowest BCUT2D eigenvalue weighted by Gasteiger charge is -2.19. The van der Waals surface area contributed by atoms with Gasteiger partial charge in [-0.05, 0) is 65.7 Å². The second-order valence-corrected chi connectivity index (χ2v) is 8.02. The molecule has 1 unspecified atom stereocenters. The van der Waals surface area contributed by atoms with Crippen LogP contribution in [0.5, 0.6) is 11.5 Å². The SMILES string of the molecule is COc1ccc(/C=C2\C(=O)N(c3ccc(C(=O)O)cc3)NC2C(F)(F)F)cc1OCc1ccc(F)cc1. The van der Waals surface area contributed by atoms with Crippen molar-refractivity contribution in [2.45, 2.75) is 18.8 Å². The molecule has 4 rings (SSSR count). The predicted molar refractivity (Wildman–Crippen MR) is 126 cm³/mol. The van der Waals surface area contributed by atoms with E-state index in [4.69, 9.17) is 14.6 Å². The number of carbonyl (C=O) groups is 2. The number of halogens is 4. The van der Waals surface area contributed by atoms with E-state index in [1.807, 2.05) is 0 Å². The van der Waals surface area contributed by atoms with E-state index in [0.717, 1.165) is 11.1 Å². The van der Waals surface area contributed by atoms with Crippen molar-refractivity contribution in [3.8, 4) is 11.5 Å². The maximum atomic E-state index is 13.8. The maximum absolute atomic E-state index is 13.8. The van der Waals surface area contributed by atoms with E-state index in [2.05, 4.69) is 5.43 Å². The number of benzene rings is 3. The molecule has 1 aliphatic heterocycles. The lowest BCUT2D eigenvalue weighted by molar-refractivity contribution is -0.144. The van der Waals surface area contributed by atoms with Gasteiger partial charge in [-0.2, -0.15) is 13.2 Å². The molecule has 37 heavy (non-hydrogen) atoms. The summed E-state index contributed by atoms with van der Waals surface area (Å²) in [5.41, 5.74) is 2.47. The van der Waals surface area contributed by atoms with Crippen LogP contribution in [0.3, 0.4) is 0 Å². The first kappa shape index (κ1) is 25.7. The zero-order valence-corrected chi connectivity index (χ0v) is 19.3. The molecule has 3 aromatic carbocycles. The first-order chi connectivity index (χ1) is 17.6. The molecular weight excluding hydrogens is 496 g/mol. The van der Waals surface area contributed by atoms with Gasteiger partial charge >= 0.3 is 12.1 Å². The minimum atomic E-state index is -4.80. The standard InChI is InChI=1S/C26H20F4N2O5/c1-36-21-11-4-16(13-22(21)37-14-15-2-7-18(27)8-3-15)12-20-23(26(28,29)30)31-32(24(20)33)19-9-5-17(6-10-19)25(34)35/h2-13,23,31H,14H2,1H3,(H,34,35)/b20-12-. The number of hydrazine groups is 1. The molecule has 0 aromatic heterocycles. The van der Waals surface area contributed by atoms with Crippen LogP contribution in [0, 0.1) is 5.82 Å². The number of carbonyl (C=O) groups excluding carboxylic acids is 1. The Kier molecular flexibility index (Phi) is 7.16. The van der Waals surface area contributed by atoms with Gasteiger partial charge in [0.1, 0.15) is 12.4 Å². The van der Waals surface area contributed by atoms with Crippen LogP contribution in [0.1, 0.15) is 21.5 Å². The number of hydrogen-bond acceptors (Lipinski definition) is 5. The maximum Gasteiger partial charge on any atom is 0.409 e. The average Bonchev–Trinajstić information content (AvgIpc) is 3.20. The Morgan fingerprint density at radius 2 is 1.73 bits per heavy atom. The zero-order valence-electron chi connectivity index (χ0n) is 19.3. The van der Waals surface area contributed by atoms with Gasteiger partial charge in [-0.15, -0.1) is 0 Å². The summed E-state index contributed by atoms with van der Waals surface area (Å²) >= 11 is 0. The van der Waals surface area contributed by atoms with Crippen molar-refractivity contribution in [2.75, 3.05) is 12.1 Å². The number of nitrogens with zero attached hydrogens (tertiary/aromatic N) is 1. The molecule has 2 N–H and O–H groups in total. The van der Waals surface area contributed by atoms with Gasteiger partial charge in [0.15, 0.2) is 17.5 Å². The topological polar surface area (TPSA) is 88.1 Å². The molecule has 1 saturated heterocycles. The molecule has 7 nitrogen and oxygen atoms in total. The highest BCUT2D eigenvalue weighted by molar-refractivity contribution is 6.11. The number of anilines is 1. The van der Waals surface area contributed by atoms with Crippen molar-refractivity contribution in [2.24, 2.45) is 0 Å². The molecular formula is C26H20F4N2O5. The molecule has 0 bridgehead atoms. The summed E-state index contributed by atoms with van der Waals surface area (Å²) in [6.07, 6.45) is -3.70. The summed E-state index contributed by atoms with van der Waals surface area (Å²) in [7, 11) is 1.40. The van der Waals surface area contributed by atoms with E-state index in [1.165, 1.54) is 73.8 Å². The van der Waals surface area contributed by atoms with E-state index < -0.39 is 35.5 Å². The van der Waals surface area contributed by atoms with Gasteiger partial charge in [0.05, 0.1) is 18.4 Å². The monoisotopic (exact) mass is 516 g/mol. The van der Waals surface area contributed by atoms with Crippen molar-refractivity contribution in [1.29, 1.82) is 0 Å². The number of rotatable bonds is 7. The van der Waals surface area contributed by atoms with E-state index in [-0.39, 0.29) is 29.2 Å². The number of amides is 1. The third-order valence-electron chi connectivity index (χ3n) is 5.54. The first-order valence-corrected chi connectivity index (χ1v) is 10.8. The highest BCUT2D eigenvalue weighted by atomic mass is 19.4. The molecule has 0 radical (unpaired) electrons. The van der Waals surface area contributed by atoms with E-state index in [0.29, 0.717) is 11.3 Å². The van der Waals surface area contributed by atoms with Crippen LogP contribution in [0.2, 0.25) is 0 Å². The summed E-state index contributed by atoms with van der Waals surface area (Å²) in [6.45, 7) is 0.0441. The van der Waals surface area contributed by atoms with Crippen molar-refractivity contribution >= 4 is 23.6 Å². The van der Waals surface area contributed by atoms with Gasteiger partial charge in [-0.25, -0.2) is 19.6 Å². The van der Waals surface area contributed by atoms with Crippen molar-refractivity contribution in [3.63, 3.8) is 0 Å². The number of nitrogens with one attached hydrogen (secondary N) is 1. The van der Waals surface area contributed by atoms with Crippen LogP contribution >= 0.6 is 0 Å². The Hall–Kier alpha value is -4.38. The highest BCUT2D eigenvalue weighted by Crippen LogP contribution is 2.35. The van der Waals surface area contributed by atoms with Gasteiger partial charge in [-0.1, -0.05) is 18.2 Å². The van der Waals surface area contributed by atoms with Gasteiger partial charge in [0.25, 0.3) is 5.91 Å². The second-order valence-electron chi connectivity index (χ2n) is 8.02. The summed E-state index contributed by atoms with van der Waals surface area (Å²) in [5, 5.41) is 9.76. The molecule has 1 heterocycles. The van der Waals surface area contributed by atoms with Crippen LogP contribution in [0.15, 0.2) is 72.3 Å². The fourth-order valence-electron chi connectivity index (χ4n) is 3.67. The summed E-state index contributed by atoms with van der Waals surface area (Å²) in [5.74, 6) is -2.04. The number of hydrogen-bond donors (Lipinski definition) is 2. The second kappa shape index (κ2) is 10.3. The number of carboxylic acids is 1. The van der Waals surface area contributed by atoms with E-state index in [9.17, 15) is 27.2 Å². The lowest BCUT2D eigenvalue weighted by atomic mass is 10.0. The Labute approximate surface area is 208 Å². The Balaban J connectivity index is 1.64. The summed E-state index contributed by atoms with van der Waals surface area (Å²) in [4.78, 5) is 24.1. The molecule has 11 heteroatoms. The fraction of sp³-hybridized carbons (Fsp3) is 0.154. The lowest BCUT2D eigenvalue weighted by Crippen LogP contribution is -2.44. The Bertz CT molecular complexity index is 1340. The van der Waals surface area contributed by atoms with Crippen molar-refractivity contribution in [3.05, 3.63) is 94.8 Å². The van der Waals surface area contributed by atoms with Gasteiger partial charge in [0.2, 0.25) is 0 Å². The molecule has 0 saturated carbocycles. The van der Waals surface area contributed by atoms with Crippen molar-refractivity contribution in [1.82, 2.24) is 5.43 Å². The zero-order chi connectivity index (χ0) is 26.7. The van der Waals surface area contributed by atoms with Gasteiger partial charge in [0, 0.05) is 5.57 Å². The molecule has 0 spiro atoms. The number of aromatic carboxylic acids is 1. The summed E-state index contributed by atoms with van der Waals surface area (Å²) in [6, 6.07) is 12.5. The largest absolute Gasteiger partial charge is 0.493 e. The van der Waals surface area contributed by atoms with E-state index in [1.54, 1.807) is 0 Å².